The molecule has 0 atom stereocenters. The molecule has 0 N–H and O–H groups in total. The molecule has 0 fully saturated rings. The summed E-state index contributed by atoms with van der Waals surface area (Å²) in [6.07, 6.45) is 6.72. The van der Waals surface area contributed by atoms with Crippen molar-refractivity contribution in [1.82, 2.24) is 9.88 Å². The average Bonchev–Trinajstić information content (AvgIpc) is 2.46. The van der Waals surface area contributed by atoms with Gasteiger partial charge in [-0.05, 0) is 41.5 Å². The lowest BCUT2D eigenvalue weighted by Crippen LogP contribution is -2.24. The summed E-state index contributed by atoms with van der Waals surface area (Å²) >= 11 is 5.93. The summed E-state index contributed by atoms with van der Waals surface area (Å²) in [6, 6.07) is 11.2. The first-order valence-electron chi connectivity index (χ1n) is 6.23. The minimum atomic E-state index is -0.0539. The Hall–Kier alpha value is -2.13. The molecular formula is C16H15ClN2O. The molecule has 2 rings (SSSR count). The Morgan fingerprint density at radius 1 is 1.30 bits per heavy atom. The molecule has 0 saturated heterocycles. The van der Waals surface area contributed by atoms with Crippen molar-refractivity contribution in [3.8, 4) is 0 Å². The van der Waals surface area contributed by atoms with Gasteiger partial charge in [-0.1, -0.05) is 23.7 Å². The van der Waals surface area contributed by atoms with E-state index in [1.807, 2.05) is 36.4 Å². The fourth-order valence-corrected chi connectivity index (χ4v) is 1.97. The predicted octanol–water partition coefficient (Wildman–Crippen LogP) is 3.41. The van der Waals surface area contributed by atoms with Gasteiger partial charge in [0.1, 0.15) is 0 Å². The second kappa shape index (κ2) is 6.87. The first kappa shape index (κ1) is 14.3. The molecule has 102 valence electrons. The molecule has 0 unspecified atom stereocenters. The van der Waals surface area contributed by atoms with Crippen LogP contribution in [0.15, 0.2) is 54.9 Å². The number of hydrogen-bond acceptors (Lipinski definition) is 2. The summed E-state index contributed by atoms with van der Waals surface area (Å²) in [4.78, 5) is 17.6. The van der Waals surface area contributed by atoms with Gasteiger partial charge in [0.25, 0.3) is 0 Å². The molecule has 1 aromatic heterocycles. The van der Waals surface area contributed by atoms with Crippen molar-refractivity contribution >= 4 is 23.6 Å². The average molecular weight is 287 g/mol. The van der Waals surface area contributed by atoms with E-state index >= 15 is 0 Å². The van der Waals surface area contributed by atoms with Crippen molar-refractivity contribution in [1.29, 1.82) is 0 Å². The number of pyridine rings is 1. The van der Waals surface area contributed by atoms with E-state index in [2.05, 4.69) is 4.98 Å². The van der Waals surface area contributed by atoms with Gasteiger partial charge in [-0.3, -0.25) is 9.78 Å². The first-order chi connectivity index (χ1) is 9.65. The van der Waals surface area contributed by atoms with Gasteiger partial charge in [0.05, 0.1) is 0 Å². The molecule has 2 aromatic rings. The standard InChI is InChI=1S/C16H15ClN2O/c1-19(12-14-3-2-4-15(17)11-14)16(20)6-5-13-7-9-18-10-8-13/h2-11H,12H2,1H3/b6-5+. The highest BCUT2D eigenvalue weighted by molar-refractivity contribution is 6.30. The van der Waals surface area contributed by atoms with Crippen LogP contribution >= 0.6 is 11.6 Å². The van der Waals surface area contributed by atoms with Gasteiger partial charge in [0, 0.05) is 37.1 Å². The third-order valence-electron chi connectivity index (χ3n) is 2.81. The minimum Gasteiger partial charge on any atom is -0.338 e. The van der Waals surface area contributed by atoms with Crippen molar-refractivity contribution in [2.45, 2.75) is 6.54 Å². The Bertz CT molecular complexity index is 611. The molecule has 1 heterocycles. The Morgan fingerprint density at radius 2 is 2.05 bits per heavy atom. The maximum atomic E-state index is 12.0. The zero-order chi connectivity index (χ0) is 14.4. The SMILES string of the molecule is CN(Cc1cccc(Cl)c1)C(=O)/C=C/c1ccncc1. The largest absolute Gasteiger partial charge is 0.338 e. The maximum Gasteiger partial charge on any atom is 0.246 e. The van der Waals surface area contributed by atoms with Gasteiger partial charge < -0.3 is 4.90 Å². The van der Waals surface area contributed by atoms with Crippen LogP contribution in [0.1, 0.15) is 11.1 Å². The molecule has 3 nitrogen and oxygen atoms in total. The normalized spacial score (nSPS) is 10.7. The number of benzene rings is 1. The van der Waals surface area contributed by atoms with E-state index in [0.29, 0.717) is 11.6 Å². The van der Waals surface area contributed by atoms with Crippen LogP contribution in [-0.2, 0) is 11.3 Å². The molecule has 0 bridgehead atoms. The quantitative estimate of drug-likeness (QED) is 0.807. The maximum absolute atomic E-state index is 12.0. The van der Waals surface area contributed by atoms with E-state index in [4.69, 9.17) is 11.6 Å². The molecule has 4 heteroatoms. The van der Waals surface area contributed by atoms with Crippen molar-refractivity contribution in [3.63, 3.8) is 0 Å². The van der Waals surface area contributed by atoms with Gasteiger partial charge in [0.15, 0.2) is 0 Å². The van der Waals surface area contributed by atoms with Crippen LogP contribution in [0.2, 0.25) is 5.02 Å². The molecule has 20 heavy (non-hydrogen) atoms. The zero-order valence-corrected chi connectivity index (χ0v) is 11.9. The highest BCUT2D eigenvalue weighted by Crippen LogP contribution is 2.12. The van der Waals surface area contributed by atoms with Crippen LogP contribution < -0.4 is 0 Å². The number of carbonyl (C=O) groups is 1. The molecular weight excluding hydrogens is 272 g/mol. The monoisotopic (exact) mass is 286 g/mol. The Balaban J connectivity index is 1.97. The van der Waals surface area contributed by atoms with Crippen LogP contribution in [0.4, 0.5) is 0 Å². The van der Waals surface area contributed by atoms with Gasteiger partial charge in [0.2, 0.25) is 5.91 Å². The molecule has 0 aliphatic heterocycles. The smallest absolute Gasteiger partial charge is 0.246 e. The minimum absolute atomic E-state index is 0.0539. The second-order valence-corrected chi connectivity index (χ2v) is 4.87. The Morgan fingerprint density at radius 3 is 2.75 bits per heavy atom. The van der Waals surface area contributed by atoms with Gasteiger partial charge in [-0.25, -0.2) is 0 Å². The third kappa shape index (κ3) is 4.21. The van der Waals surface area contributed by atoms with Gasteiger partial charge in [-0.2, -0.15) is 0 Å². The van der Waals surface area contributed by atoms with Crippen LogP contribution in [0.3, 0.4) is 0 Å². The number of aromatic nitrogens is 1. The Labute approximate surface area is 123 Å². The summed E-state index contributed by atoms with van der Waals surface area (Å²) < 4.78 is 0. The molecule has 0 spiro atoms. The fourth-order valence-electron chi connectivity index (χ4n) is 1.76. The lowest BCUT2D eigenvalue weighted by Gasteiger charge is -2.15. The predicted molar refractivity (Wildman–Crippen MR) is 81.2 cm³/mol. The van der Waals surface area contributed by atoms with Crippen molar-refractivity contribution in [3.05, 3.63) is 71.0 Å². The number of amides is 1. The van der Waals surface area contributed by atoms with Crippen molar-refractivity contribution < 1.29 is 4.79 Å². The number of hydrogen-bond donors (Lipinski definition) is 0. The molecule has 0 aliphatic rings. The number of halogens is 1. The van der Waals surface area contributed by atoms with E-state index < -0.39 is 0 Å². The molecule has 0 aliphatic carbocycles. The highest BCUT2D eigenvalue weighted by Gasteiger charge is 2.05. The Kier molecular flexibility index (Phi) is 4.91. The van der Waals surface area contributed by atoms with Crippen LogP contribution in [0, 0.1) is 0 Å². The first-order valence-corrected chi connectivity index (χ1v) is 6.60. The lowest BCUT2D eigenvalue weighted by molar-refractivity contribution is -0.125. The summed E-state index contributed by atoms with van der Waals surface area (Å²) in [5, 5.41) is 0.677. The fraction of sp³-hybridized carbons (Fsp3) is 0.125. The third-order valence-corrected chi connectivity index (χ3v) is 3.04. The molecule has 0 saturated carbocycles. The number of carbonyl (C=O) groups excluding carboxylic acids is 1. The van der Waals surface area contributed by atoms with Crippen LogP contribution in [0.5, 0.6) is 0 Å². The van der Waals surface area contributed by atoms with E-state index in [9.17, 15) is 4.79 Å². The molecule has 1 amide bonds. The van der Waals surface area contributed by atoms with E-state index in [-0.39, 0.29) is 5.91 Å². The summed E-state index contributed by atoms with van der Waals surface area (Å²) in [6.45, 7) is 0.528. The second-order valence-electron chi connectivity index (χ2n) is 4.44. The summed E-state index contributed by atoms with van der Waals surface area (Å²) in [5.41, 5.74) is 1.95. The number of rotatable bonds is 4. The lowest BCUT2D eigenvalue weighted by atomic mass is 10.2. The van der Waals surface area contributed by atoms with Gasteiger partial charge in [-0.15, -0.1) is 0 Å². The van der Waals surface area contributed by atoms with Crippen molar-refractivity contribution in [2.75, 3.05) is 7.05 Å². The van der Waals surface area contributed by atoms with E-state index in [0.717, 1.165) is 11.1 Å². The van der Waals surface area contributed by atoms with Crippen molar-refractivity contribution in [2.24, 2.45) is 0 Å². The summed E-state index contributed by atoms with van der Waals surface area (Å²) in [7, 11) is 1.76. The number of nitrogens with zero attached hydrogens (tertiary/aromatic N) is 2. The van der Waals surface area contributed by atoms with E-state index in [1.165, 1.54) is 0 Å². The van der Waals surface area contributed by atoms with Crippen LogP contribution in [0.25, 0.3) is 6.08 Å². The van der Waals surface area contributed by atoms with Crippen LogP contribution in [-0.4, -0.2) is 22.8 Å². The zero-order valence-electron chi connectivity index (χ0n) is 11.2. The summed E-state index contributed by atoms with van der Waals surface area (Å²) in [5.74, 6) is -0.0539. The van der Waals surface area contributed by atoms with Gasteiger partial charge >= 0.3 is 0 Å². The highest BCUT2D eigenvalue weighted by atomic mass is 35.5. The van der Waals surface area contributed by atoms with E-state index in [1.54, 1.807) is 36.5 Å². The molecule has 0 radical (unpaired) electrons. The topological polar surface area (TPSA) is 33.2 Å². The number of likely N-dealkylation sites (N-methyl/N-ethyl adjacent to an activating group) is 1. The molecule has 1 aromatic carbocycles.